The van der Waals surface area contributed by atoms with Crippen LogP contribution in [0.5, 0.6) is 0 Å². The molecule has 1 aliphatic rings. The Bertz CT molecular complexity index is 832. The predicted molar refractivity (Wildman–Crippen MR) is 95.0 cm³/mol. The molecule has 126 valence electrons. The zero-order valence-corrected chi connectivity index (χ0v) is 15.1. The van der Waals surface area contributed by atoms with Gasteiger partial charge < -0.3 is 8.83 Å². The number of furan rings is 2. The van der Waals surface area contributed by atoms with Crippen molar-refractivity contribution >= 4 is 11.3 Å². The molecule has 0 N–H and O–H groups in total. The fourth-order valence-electron chi connectivity index (χ4n) is 3.04. The van der Waals surface area contributed by atoms with Crippen LogP contribution in [0, 0.1) is 12.8 Å². The Morgan fingerprint density at radius 3 is 2.75 bits per heavy atom. The highest BCUT2D eigenvalue weighted by Crippen LogP contribution is 2.47. The first-order valence-corrected chi connectivity index (χ1v) is 9.25. The van der Waals surface area contributed by atoms with Gasteiger partial charge in [-0.3, -0.25) is 4.90 Å². The molecule has 0 aromatic carbocycles. The van der Waals surface area contributed by atoms with Crippen LogP contribution < -0.4 is 0 Å². The Labute approximate surface area is 146 Å². The van der Waals surface area contributed by atoms with E-state index in [9.17, 15) is 0 Å². The number of aromatic nitrogens is 1. The number of thiazole rings is 1. The number of hydrogen-bond donors (Lipinski definition) is 0. The van der Waals surface area contributed by atoms with E-state index in [4.69, 9.17) is 8.83 Å². The van der Waals surface area contributed by atoms with Gasteiger partial charge in [-0.25, -0.2) is 4.98 Å². The van der Waals surface area contributed by atoms with E-state index in [0.29, 0.717) is 5.92 Å². The highest BCUT2D eigenvalue weighted by molar-refractivity contribution is 7.13. The third kappa shape index (κ3) is 3.32. The summed E-state index contributed by atoms with van der Waals surface area (Å²) >= 11 is 1.63. The van der Waals surface area contributed by atoms with Gasteiger partial charge in [-0.1, -0.05) is 6.92 Å². The van der Waals surface area contributed by atoms with E-state index in [-0.39, 0.29) is 0 Å². The van der Waals surface area contributed by atoms with Gasteiger partial charge in [0.05, 0.1) is 12.2 Å². The first-order chi connectivity index (χ1) is 11.6. The summed E-state index contributed by atoms with van der Waals surface area (Å²) in [6, 6.07) is 8.19. The summed E-state index contributed by atoms with van der Waals surface area (Å²) in [7, 11) is 2.10. The maximum atomic E-state index is 5.99. The van der Waals surface area contributed by atoms with Crippen molar-refractivity contribution in [2.75, 3.05) is 7.05 Å². The zero-order valence-electron chi connectivity index (χ0n) is 14.3. The molecule has 1 aliphatic carbocycles. The maximum absolute atomic E-state index is 5.99. The van der Waals surface area contributed by atoms with Crippen molar-refractivity contribution in [2.24, 2.45) is 5.92 Å². The van der Waals surface area contributed by atoms with Gasteiger partial charge >= 0.3 is 0 Å². The molecule has 0 bridgehead atoms. The van der Waals surface area contributed by atoms with Gasteiger partial charge in [0.1, 0.15) is 17.3 Å². The van der Waals surface area contributed by atoms with Crippen molar-refractivity contribution < 1.29 is 8.83 Å². The van der Waals surface area contributed by atoms with E-state index in [1.54, 1.807) is 11.3 Å². The second-order valence-electron chi connectivity index (χ2n) is 6.85. The van der Waals surface area contributed by atoms with Crippen molar-refractivity contribution in [1.82, 2.24) is 9.88 Å². The molecule has 1 saturated carbocycles. The molecule has 0 spiro atoms. The first kappa shape index (κ1) is 15.7. The Balaban J connectivity index is 1.36. The number of aryl methyl sites for hydroxylation is 1. The summed E-state index contributed by atoms with van der Waals surface area (Å²) in [5.74, 6) is 5.36. The van der Waals surface area contributed by atoms with Crippen LogP contribution in [0.3, 0.4) is 0 Å². The van der Waals surface area contributed by atoms with E-state index in [0.717, 1.165) is 52.7 Å². The average molecular weight is 342 g/mol. The number of rotatable bonds is 6. The fraction of sp³-hybridized carbons (Fsp3) is 0.421. The molecular formula is C19H22N2O2S. The van der Waals surface area contributed by atoms with Crippen molar-refractivity contribution in [3.8, 4) is 10.8 Å². The number of nitrogens with zero attached hydrogens (tertiary/aromatic N) is 2. The highest BCUT2D eigenvalue weighted by atomic mass is 32.1. The highest BCUT2D eigenvalue weighted by Gasteiger charge is 2.36. The minimum atomic E-state index is 0.641. The lowest BCUT2D eigenvalue weighted by molar-refractivity contribution is 0.281. The van der Waals surface area contributed by atoms with E-state index in [2.05, 4.69) is 41.4 Å². The molecule has 3 aromatic heterocycles. The van der Waals surface area contributed by atoms with Gasteiger partial charge in [-0.15, -0.1) is 11.3 Å². The molecule has 4 rings (SSSR count). The quantitative estimate of drug-likeness (QED) is 0.628. The summed E-state index contributed by atoms with van der Waals surface area (Å²) in [5, 5.41) is 3.04. The maximum Gasteiger partial charge on any atom is 0.162 e. The van der Waals surface area contributed by atoms with Gasteiger partial charge in [-0.05, 0) is 50.6 Å². The third-order valence-corrected chi connectivity index (χ3v) is 5.42. The average Bonchev–Trinajstić information content (AvgIpc) is 2.97. The molecule has 0 aliphatic heterocycles. The Morgan fingerprint density at radius 2 is 2.04 bits per heavy atom. The number of hydrogen-bond acceptors (Lipinski definition) is 5. The molecule has 3 aromatic rings. The smallest absolute Gasteiger partial charge is 0.162 e. The van der Waals surface area contributed by atoms with E-state index in [1.807, 2.05) is 19.1 Å². The van der Waals surface area contributed by atoms with Gasteiger partial charge in [0.15, 0.2) is 10.8 Å². The largest absolute Gasteiger partial charge is 0.464 e. The van der Waals surface area contributed by atoms with Gasteiger partial charge in [0.25, 0.3) is 0 Å². The Morgan fingerprint density at radius 1 is 1.21 bits per heavy atom. The van der Waals surface area contributed by atoms with Crippen LogP contribution in [0.15, 0.2) is 38.5 Å². The SMILES string of the molecule is Cc1ccc(-c2nc(CN(C)Cc3ccc(C4CC4C)o3)cs2)o1. The molecule has 0 radical (unpaired) electrons. The summed E-state index contributed by atoms with van der Waals surface area (Å²) in [6.07, 6.45) is 1.26. The molecule has 5 heteroatoms. The van der Waals surface area contributed by atoms with Gasteiger partial charge in [0.2, 0.25) is 0 Å². The molecule has 24 heavy (non-hydrogen) atoms. The topological polar surface area (TPSA) is 42.4 Å². The van der Waals surface area contributed by atoms with Crippen LogP contribution in [0.2, 0.25) is 0 Å². The lowest BCUT2D eigenvalue weighted by Gasteiger charge is -2.13. The predicted octanol–water partition coefficient (Wildman–Crippen LogP) is 5.06. The summed E-state index contributed by atoms with van der Waals surface area (Å²) in [6.45, 7) is 5.82. The molecule has 0 saturated heterocycles. The van der Waals surface area contributed by atoms with E-state index < -0.39 is 0 Å². The molecule has 2 atom stereocenters. The van der Waals surface area contributed by atoms with E-state index >= 15 is 0 Å². The van der Waals surface area contributed by atoms with Crippen LogP contribution in [0.25, 0.3) is 10.8 Å². The Hall–Kier alpha value is -1.85. The van der Waals surface area contributed by atoms with Crippen LogP contribution in [-0.4, -0.2) is 16.9 Å². The van der Waals surface area contributed by atoms with Crippen molar-refractivity contribution in [1.29, 1.82) is 0 Å². The molecule has 0 amide bonds. The lowest BCUT2D eigenvalue weighted by atomic mass is 10.3. The minimum Gasteiger partial charge on any atom is -0.464 e. The van der Waals surface area contributed by atoms with Crippen LogP contribution in [-0.2, 0) is 13.1 Å². The van der Waals surface area contributed by atoms with Crippen LogP contribution >= 0.6 is 11.3 Å². The molecule has 1 fully saturated rings. The summed E-state index contributed by atoms with van der Waals surface area (Å²) in [5.41, 5.74) is 1.06. The lowest BCUT2D eigenvalue weighted by Crippen LogP contribution is -2.17. The molecule has 2 unspecified atom stereocenters. The van der Waals surface area contributed by atoms with E-state index in [1.165, 1.54) is 6.42 Å². The fourth-order valence-corrected chi connectivity index (χ4v) is 3.81. The first-order valence-electron chi connectivity index (χ1n) is 8.37. The normalized spacial score (nSPS) is 20.0. The third-order valence-electron chi connectivity index (χ3n) is 4.52. The second kappa shape index (κ2) is 6.22. The second-order valence-corrected chi connectivity index (χ2v) is 7.71. The van der Waals surface area contributed by atoms with Gasteiger partial charge in [-0.2, -0.15) is 0 Å². The zero-order chi connectivity index (χ0) is 16.7. The van der Waals surface area contributed by atoms with Crippen LogP contribution in [0.4, 0.5) is 0 Å². The summed E-state index contributed by atoms with van der Waals surface area (Å²) in [4.78, 5) is 6.91. The monoisotopic (exact) mass is 342 g/mol. The van der Waals surface area contributed by atoms with Crippen LogP contribution in [0.1, 0.15) is 42.2 Å². The van der Waals surface area contributed by atoms with Crippen molar-refractivity contribution in [3.05, 3.63) is 52.6 Å². The summed E-state index contributed by atoms with van der Waals surface area (Å²) < 4.78 is 11.6. The molecular weight excluding hydrogens is 320 g/mol. The standard InChI is InChI=1S/C19H22N2O2S/c1-12-8-16(12)17-7-5-15(23-17)10-21(3)9-14-11-24-19(20-14)18-6-4-13(2)22-18/h4-7,11-12,16H,8-10H2,1-3H3. The van der Waals surface area contributed by atoms with Crippen molar-refractivity contribution in [2.45, 2.75) is 39.3 Å². The Kier molecular flexibility index (Phi) is 4.06. The van der Waals surface area contributed by atoms with Crippen molar-refractivity contribution in [3.63, 3.8) is 0 Å². The molecule has 4 nitrogen and oxygen atoms in total. The molecule has 3 heterocycles. The minimum absolute atomic E-state index is 0.641. The van der Waals surface area contributed by atoms with Gasteiger partial charge in [0, 0.05) is 17.8 Å².